The predicted molar refractivity (Wildman–Crippen MR) is 97.0 cm³/mol. The average Bonchev–Trinajstić information content (AvgIpc) is 2.96. The van der Waals surface area contributed by atoms with Gasteiger partial charge in [-0.1, -0.05) is 6.07 Å². The lowest BCUT2D eigenvalue weighted by Crippen LogP contribution is -2.42. The fraction of sp³-hybridized carbons (Fsp3) is 0.438. The van der Waals surface area contributed by atoms with E-state index >= 15 is 0 Å². The first-order valence-electron chi connectivity index (χ1n) is 8.32. The average molecular weight is 394 g/mol. The third kappa shape index (κ3) is 4.13. The number of hydrogen-bond acceptors (Lipinski definition) is 7. The number of amides is 2. The van der Waals surface area contributed by atoms with Gasteiger partial charge in [-0.2, -0.15) is 5.10 Å². The second-order valence-corrected chi connectivity index (χ2v) is 8.78. The van der Waals surface area contributed by atoms with Crippen molar-refractivity contribution in [1.29, 1.82) is 0 Å². The Morgan fingerprint density at radius 2 is 2.11 bits per heavy atom. The van der Waals surface area contributed by atoms with E-state index in [0.29, 0.717) is 5.56 Å². The van der Waals surface area contributed by atoms with E-state index in [1.54, 1.807) is 6.92 Å². The van der Waals surface area contributed by atoms with Gasteiger partial charge in [0, 0.05) is 25.0 Å². The molecule has 0 aromatic heterocycles. The number of rotatable bonds is 4. The molecule has 10 nitrogen and oxygen atoms in total. The number of nitro benzene ring substituents is 1. The van der Waals surface area contributed by atoms with Crippen molar-refractivity contribution in [2.24, 2.45) is 5.10 Å². The highest BCUT2D eigenvalue weighted by atomic mass is 32.2. The SMILES string of the molecule is Cc1ccc([N+](=O)[O-])cc1NC(=O)C1=NN(C2CCS(=O)(=O)C2)C(=O)CC1. The zero-order valence-corrected chi connectivity index (χ0v) is 15.4. The molecule has 0 saturated carbocycles. The summed E-state index contributed by atoms with van der Waals surface area (Å²) >= 11 is 0. The Labute approximate surface area is 155 Å². The number of non-ortho nitro benzene ring substituents is 1. The van der Waals surface area contributed by atoms with E-state index in [1.165, 1.54) is 18.2 Å². The van der Waals surface area contributed by atoms with Crippen LogP contribution in [0.25, 0.3) is 0 Å². The fourth-order valence-electron chi connectivity index (χ4n) is 3.04. The third-order valence-corrected chi connectivity index (χ3v) is 6.31. The van der Waals surface area contributed by atoms with Crippen LogP contribution in [0.2, 0.25) is 0 Å². The minimum Gasteiger partial charge on any atom is -0.320 e. The van der Waals surface area contributed by atoms with Crippen LogP contribution in [0, 0.1) is 17.0 Å². The van der Waals surface area contributed by atoms with Crippen LogP contribution in [0.15, 0.2) is 23.3 Å². The van der Waals surface area contributed by atoms with Crippen LogP contribution in [-0.4, -0.2) is 53.4 Å². The molecule has 0 aliphatic carbocycles. The number of nitro groups is 1. The maximum absolute atomic E-state index is 12.5. The van der Waals surface area contributed by atoms with Crippen LogP contribution in [-0.2, 0) is 19.4 Å². The van der Waals surface area contributed by atoms with E-state index in [1.807, 2.05) is 0 Å². The molecule has 27 heavy (non-hydrogen) atoms. The zero-order chi connectivity index (χ0) is 19.8. The largest absolute Gasteiger partial charge is 0.320 e. The first-order chi connectivity index (χ1) is 12.7. The van der Waals surface area contributed by atoms with Gasteiger partial charge in [0.15, 0.2) is 9.84 Å². The molecule has 144 valence electrons. The van der Waals surface area contributed by atoms with Gasteiger partial charge in [0.1, 0.15) is 5.71 Å². The minimum atomic E-state index is -3.20. The molecule has 2 heterocycles. The van der Waals surface area contributed by atoms with E-state index in [0.717, 1.165) is 5.01 Å². The topological polar surface area (TPSA) is 139 Å². The number of aryl methyl sites for hydroxylation is 1. The van der Waals surface area contributed by atoms with Crippen molar-refractivity contribution in [3.63, 3.8) is 0 Å². The molecule has 2 aliphatic heterocycles. The molecule has 1 unspecified atom stereocenters. The molecule has 1 aromatic carbocycles. The fourth-order valence-corrected chi connectivity index (χ4v) is 4.73. The lowest BCUT2D eigenvalue weighted by molar-refractivity contribution is -0.384. The van der Waals surface area contributed by atoms with Crippen LogP contribution < -0.4 is 5.32 Å². The van der Waals surface area contributed by atoms with Gasteiger partial charge in [0.05, 0.1) is 28.2 Å². The Morgan fingerprint density at radius 1 is 1.37 bits per heavy atom. The molecule has 3 rings (SSSR count). The first-order valence-corrected chi connectivity index (χ1v) is 10.1. The van der Waals surface area contributed by atoms with E-state index in [-0.39, 0.29) is 53.8 Å². The van der Waals surface area contributed by atoms with Crippen molar-refractivity contribution in [2.75, 3.05) is 16.8 Å². The van der Waals surface area contributed by atoms with Crippen molar-refractivity contribution >= 4 is 38.7 Å². The van der Waals surface area contributed by atoms with Crippen molar-refractivity contribution in [2.45, 2.75) is 32.2 Å². The Hall–Kier alpha value is -2.82. The third-order valence-electron chi connectivity index (χ3n) is 4.56. The summed E-state index contributed by atoms with van der Waals surface area (Å²) in [5, 5.41) is 18.7. The minimum absolute atomic E-state index is 0.00856. The van der Waals surface area contributed by atoms with Gasteiger partial charge in [-0.05, 0) is 18.9 Å². The molecule has 11 heteroatoms. The number of carbonyl (C=O) groups excluding carboxylic acids is 2. The van der Waals surface area contributed by atoms with Crippen molar-refractivity contribution in [3.8, 4) is 0 Å². The predicted octanol–water partition coefficient (Wildman–Crippen LogP) is 1.01. The molecule has 1 aromatic rings. The standard InChI is InChI=1S/C16H18N4O6S/c1-10-2-3-11(20(23)24)8-14(10)17-16(22)13-4-5-15(21)19(18-13)12-6-7-27(25,26)9-12/h2-3,8,12H,4-7,9H2,1H3,(H,17,22). The summed E-state index contributed by atoms with van der Waals surface area (Å²) in [5.41, 5.74) is 0.850. The Kier molecular flexibility index (Phi) is 4.96. The van der Waals surface area contributed by atoms with Gasteiger partial charge in [0.25, 0.3) is 11.6 Å². The van der Waals surface area contributed by atoms with Gasteiger partial charge in [0.2, 0.25) is 5.91 Å². The zero-order valence-electron chi connectivity index (χ0n) is 14.5. The number of anilines is 1. The summed E-state index contributed by atoms with van der Waals surface area (Å²) in [7, 11) is -3.20. The lowest BCUT2D eigenvalue weighted by Gasteiger charge is -2.27. The monoisotopic (exact) mass is 394 g/mol. The number of benzene rings is 1. The van der Waals surface area contributed by atoms with Gasteiger partial charge in [-0.3, -0.25) is 19.7 Å². The molecular weight excluding hydrogens is 376 g/mol. The van der Waals surface area contributed by atoms with Crippen LogP contribution in [0.1, 0.15) is 24.8 Å². The molecule has 1 saturated heterocycles. The number of hydrazone groups is 1. The Balaban J connectivity index is 1.80. The molecule has 0 radical (unpaired) electrons. The van der Waals surface area contributed by atoms with E-state index < -0.39 is 26.7 Å². The summed E-state index contributed by atoms with van der Waals surface area (Å²) in [6.45, 7) is 1.70. The maximum atomic E-state index is 12.5. The molecule has 1 atom stereocenters. The second kappa shape index (κ2) is 7.06. The summed E-state index contributed by atoms with van der Waals surface area (Å²) in [5.74, 6) is -1.07. The van der Waals surface area contributed by atoms with Crippen LogP contribution in [0.3, 0.4) is 0 Å². The molecule has 0 spiro atoms. The van der Waals surface area contributed by atoms with E-state index in [2.05, 4.69) is 10.4 Å². The van der Waals surface area contributed by atoms with Gasteiger partial charge >= 0.3 is 0 Å². The number of nitrogens with one attached hydrogen (secondary N) is 1. The summed E-state index contributed by atoms with van der Waals surface area (Å²) in [4.78, 5) is 35.0. The molecule has 1 fully saturated rings. The number of nitrogens with zero attached hydrogens (tertiary/aromatic N) is 3. The van der Waals surface area contributed by atoms with E-state index in [4.69, 9.17) is 0 Å². The van der Waals surface area contributed by atoms with Crippen molar-refractivity contribution in [1.82, 2.24) is 5.01 Å². The quantitative estimate of drug-likeness (QED) is 0.597. The maximum Gasteiger partial charge on any atom is 0.271 e. The van der Waals surface area contributed by atoms with Crippen LogP contribution in [0.4, 0.5) is 11.4 Å². The van der Waals surface area contributed by atoms with Gasteiger partial charge in [-0.15, -0.1) is 0 Å². The van der Waals surface area contributed by atoms with Crippen LogP contribution in [0.5, 0.6) is 0 Å². The van der Waals surface area contributed by atoms with Crippen molar-refractivity contribution < 1.29 is 22.9 Å². The van der Waals surface area contributed by atoms with Crippen molar-refractivity contribution in [3.05, 3.63) is 33.9 Å². The molecule has 2 amide bonds. The van der Waals surface area contributed by atoms with Gasteiger partial charge in [-0.25, -0.2) is 13.4 Å². The van der Waals surface area contributed by atoms with Gasteiger partial charge < -0.3 is 5.32 Å². The highest BCUT2D eigenvalue weighted by Crippen LogP contribution is 2.24. The normalized spacial score (nSPS) is 21.7. The lowest BCUT2D eigenvalue weighted by atomic mass is 10.1. The highest BCUT2D eigenvalue weighted by molar-refractivity contribution is 7.91. The number of hydrogen-bond donors (Lipinski definition) is 1. The molecule has 1 N–H and O–H groups in total. The number of sulfone groups is 1. The summed E-state index contributed by atoms with van der Waals surface area (Å²) < 4.78 is 23.3. The number of carbonyl (C=O) groups is 2. The Morgan fingerprint density at radius 3 is 2.74 bits per heavy atom. The summed E-state index contributed by atoms with van der Waals surface area (Å²) in [6.07, 6.45) is 0.460. The molecule has 2 aliphatic rings. The molecular formula is C16H18N4O6S. The second-order valence-electron chi connectivity index (χ2n) is 6.55. The van der Waals surface area contributed by atoms with Crippen LogP contribution >= 0.6 is 0 Å². The van der Waals surface area contributed by atoms with E-state index in [9.17, 15) is 28.1 Å². The highest BCUT2D eigenvalue weighted by Gasteiger charge is 2.37. The summed E-state index contributed by atoms with van der Waals surface area (Å²) in [6, 6.07) is 3.55. The Bertz CT molecular complexity index is 956. The first kappa shape index (κ1) is 19.0. The smallest absolute Gasteiger partial charge is 0.271 e. The molecule has 0 bridgehead atoms.